The Bertz CT molecular complexity index is 344. The van der Waals surface area contributed by atoms with Crippen molar-refractivity contribution in [3.63, 3.8) is 0 Å². The van der Waals surface area contributed by atoms with E-state index in [1.54, 1.807) is 0 Å². The lowest BCUT2D eigenvalue weighted by Gasteiger charge is -2.26. The van der Waals surface area contributed by atoms with Crippen LogP contribution < -0.4 is 5.73 Å². The highest BCUT2D eigenvalue weighted by molar-refractivity contribution is 7.80. The number of rotatable bonds is 7. The van der Waals surface area contributed by atoms with Crippen LogP contribution >= 0.6 is 23.6 Å². The predicted molar refractivity (Wildman–Crippen MR) is 80.7 cm³/mol. The molecule has 0 aromatic carbocycles. The number of likely N-dealkylation sites (N-methyl/N-ethyl adjacent to an activating group) is 1. The zero-order valence-electron chi connectivity index (χ0n) is 10.9. The van der Waals surface area contributed by atoms with Crippen molar-refractivity contribution < 1.29 is 0 Å². The van der Waals surface area contributed by atoms with E-state index in [1.807, 2.05) is 11.3 Å². The van der Waals surface area contributed by atoms with E-state index in [-0.39, 0.29) is 5.41 Å². The van der Waals surface area contributed by atoms with E-state index in [9.17, 15) is 0 Å². The number of hydrogen-bond acceptors (Lipinski definition) is 3. The highest BCUT2D eigenvalue weighted by atomic mass is 32.1. The molecule has 0 atom stereocenters. The minimum Gasteiger partial charge on any atom is -0.393 e. The lowest BCUT2D eigenvalue weighted by atomic mass is 9.89. The van der Waals surface area contributed by atoms with Gasteiger partial charge < -0.3 is 10.6 Å². The Hall–Kier alpha value is -0.450. The van der Waals surface area contributed by atoms with E-state index < -0.39 is 0 Å². The van der Waals surface area contributed by atoms with Crippen LogP contribution in [0.25, 0.3) is 0 Å². The topological polar surface area (TPSA) is 29.3 Å². The third-order valence-electron chi connectivity index (χ3n) is 3.11. The summed E-state index contributed by atoms with van der Waals surface area (Å²) in [5.74, 6) is 0. The summed E-state index contributed by atoms with van der Waals surface area (Å²) in [6.45, 7) is 6.36. The molecule has 96 valence electrons. The molecule has 17 heavy (non-hydrogen) atoms. The third-order valence-corrected chi connectivity index (χ3v) is 4.59. The Morgan fingerprint density at radius 3 is 2.71 bits per heavy atom. The molecule has 0 aliphatic rings. The van der Waals surface area contributed by atoms with E-state index in [2.05, 4.69) is 43.3 Å². The quantitative estimate of drug-likeness (QED) is 0.773. The standard InChI is InChI=1S/C13H22N2S2/c1-13(2,12(14)16)7-9-15(3)8-6-11-5-4-10-17-11/h4-5,10H,6-9H2,1-3H3,(H2,14,16). The molecule has 0 saturated heterocycles. The molecule has 0 spiro atoms. The summed E-state index contributed by atoms with van der Waals surface area (Å²) in [4.78, 5) is 4.41. The molecule has 2 nitrogen and oxygen atoms in total. The Morgan fingerprint density at radius 2 is 2.18 bits per heavy atom. The van der Waals surface area contributed by atoms with Crippen LogP contribution in [0.3, 0.4) is 0 Å². The average molecular weight is 270 g/mol. The maximum absolute atomic E-state index is 5.72. The summed E-state index contributed by atoms with van der Waals surface area (Å²) in [6.07, 6.45) is 2.14. The van der Waals surface area contributed by atoms with Crippen molar-refractivity contribution in [2.24, 2.45) is 11.1 Å². The normalized spacial score (nSPS) is 12.0. The predicted octanol–water partition coefficient (Wildman–Crippen LogP) is 2.92. The second-order valence-corrected chi connectivity index (χ2v) is 6.60. The van der Waals surface area contributed by atoms with Gasteiger partial charge in [-0.3, -0.25) is 0 Å². The minimum absolute atomic E-state index is 0.0352. The van der Waals surface area contributed by atoms with Crippen LogP contribution in [-0.2, 0) is 6.42 Å². The third kappa shape index (κ3) is 5.15. The molecule has 4 heteroatoms. The molecule has 2 N–H and O–H groups in total. The average Bonchev–Trinajstić information content (AvgIpc) is 2.76. The molecule has 1 aromatic heterocycles. The van der Waals surface area contributed by atoms with Gasteiger partial charge in [-0.2, -0.15) is 0 Å². The maximum Gasteiger partial charge on any atom is 0.0784 e. The summed E-state index contributed by atoms with van der Waals surface area (Å²) in [5, 5.41) is 2.13. The number of nitrogens with two attached hydrogens (primary N) is 1. The van der Waals surface area contributed by atoms with Gasteiger partial charge in [0.1, 0.15) is 0 Å². The van der Waals surface area contributed by atoms with Crippen LogP contribution in [-0.4, -0.2) is 30.0 Å². The fourth-order valence-electron chi connectivity index (χ4n) is 1.46. The monoisotopic (exact) mass is 270 g/mol. The van der Waals surface area contributed by atoms with Gasteiger partial charge in [0.15, 0.2) is 0 Å². The molecule has 1 rings (SSSR count). The first-order valence-electron chi connectivity index (χ1n) is 5.92. The van der Waals surface area contributed by atoms with Crippen molar-refractivity contribution in [1.82, 2.24) is 4.90 Å². The molecule has 0 amide bonds. The smallest absolute Gasteiger partial charge is 0.0784 e. The molecule has 0 radical (unpaired) electrons. The zero-order valence-corrected chi connectivity index (χ0v) is 12.5. The van der Waals surface area contributed by atoms with E-state index in [1.165, 1.54) is 4.88 Å². The molecular formula is C13H22N2S2. The number of hydrogen-bond donors (Lipinski definition) is 1. The van der Waals surface area contributed by atoms with Gasteiger partial charge in [-0.25, -0.2) is 0 Å². The van der Waals surface area contributed by atoms with E-state index in [0.717, 1.165) is 25.9 Å². The van der Waals surface area contributed by atoms with Crippen LogP contribution in [0.1, 0.15) is 25.1 Å². The van der Waals surface area contributed by atoms with Crippen molar-refractivity contribution in [1.29, 1.82) is 0 Å². The number of thiocarbonyl (C=S) groups is 1. The van der Waals surface area contributed by atoms with Crippen LogP contribution in [0, 0.1) is 5.41 Å². The molecule has 0 aliphatic carbocycles. The Balaban J connectivity index is 2.26. The highest BCUT2D eigenvalue weighted by Gasteiger charge is 2.21. The van der Waals surface area contributed by atoms with Gasteiger partial charge >= 0.3 is 0 Å². The number of thiophene rings is 1. The summed E-state index contributed by atoms with van der Waals surface area (Å²) >= 11 is 6.90. The van der Waals surface area contributed by atoms with Gasteiger partial charge in [0, 0.05) is 16.8 Å². The van der Waals surface area contributed by atoms with Crippen molar-refractivity contribution >= 4 is 28.5 Å². The molecule has 0 saturated carbocycles. The first kappa shape index (κ1) is 14.6. The van der Waals surface area contributed by atoms with Gasteiger partial charge in [0.05, 0.1) is 4.99 Å². The summed E-state index contributed by atoms with van der Waals surface area (Å²) in [7, 11) is 2.16. The van der Waals surface area contributed by atoms with Gasteiger partial charge in [-0.05, 0) is 37.9 Å². The van der Waals surface area contributed by atoms with E-state index in [0.29, 0.717) is 4.99 Å². The van der Waals surface area contributed by atoms with Crippen molar-refractivity contribution in [3.8, 4) is 0 Å². The first-order valence-corrected chi connectivity index (χ1v) is 7.21. The van der Waals surface area contributed by atoms with Crippen LogP contribution in [0.4, 0.5) is 0 Å². The summed E-state index contributed by atoms with van der Waals surface area (Å²) in [5.41, 5.74) is 5.69. The van der Waals surface area contributed by atoms with Crippen molar-refractivity contribution in [2.75, 3.05) is 20.1 Å². The van der Waals surface area contributed by atoms with E-state index >= 15 is 0 Å². The molecule has 0 unspecified atom stereocenters. The first-order chi connectivity index (χ1) is 7.92. The molecular weight excluding hydrogens is 248 g/mol. The SMILES string of the molecule is CN(CCc1cccs1)CCC(C)(C)C(N)=S. The highest BCUT2D eigenvalue weighted by Crippen LogP contribution is 2.20. The number of nitrogens with zero attached hydrogens (tertiary/aromatic N) is 1. The second kappa shape index (κ2) is 6.47. The van der Waals surface area contributed by atoms with Gasteiger partial charge in [0.25, 0.3) is 0 Å². The lowest BCUT2D eigenvalue weighted by Crippen LogP contribution is -2.34. The lowest BCUT2D eigenvalue weighted by molar-refractivity contribution is 0.296. The van der Waals surface area contributed by atoms with E-state index in [4.69, 9.17) is 18.0 Å². The molecule has 0 aliphatic heterocycles. The largest absolute Gasteiger partial charge is 0.393 e. The van der Waals surface area contributed by atoms with Crippen molar-refractivity contribution in [3.05, 3.63) is 22.4 Å². The van der Waals surface area contributed by atoms with Crippen LogP contribution in [0.2, 0.25) is 0 Å². The Kier molecular flexibility index (Phi) is 5.56. The second-order valence-electron chi connectivity index (χ2n) is 5.13. The van der Waals surface area contributed by atoms with Gasteiger partial charge in [-0.15, -0.1) is 11.3 Å². The molecule has 1 aromatic rings. The molecule has 0 bridgehead atoms. The minimum atomic E-state index is -0.0352. The maximum atomic E-state index is 5.72. The van der Waals surface area contributed by atoms with Crippen LogP contribution in [0.5, 0.6) is 0 Å². The fraction of sp³-hybridized carbons (Fsp3) is 0.615. The zero-order chi connectivity index (χ0) is 12.9. The summed E-state index contributed by atoms with van der Waals surface area (Å²) < 4.78 is 0. The summed E-state index contributed by atoms with van der Waals surface area (Å²) in [6, 6.07) is 4.30. The molecule has 1 heterocycles. The fourth-order valence-corrected chi connectivity index (χ4v) is 2.26. The Labute approximate surface area is 114 Å². The van der Waals surface area contributed by atoms with Crippen molar-refractivity contribution in [2.45, 2.75) is 26.7 Å². The van der Waals surface area contributed by atoms with Gasteiger partial charge in [-0.1, -0.05) is 32.1 Å². The molecule has 0 fully saturated rings. The Morgan fingerprint density at radius 1 is 1.47 bits per heavy atom. The van der Waals surface area contributed by atoms with Gasteiger partial charge in [0.2, 0.25) is 0 Å². The van der Waals surface area contributed by atoms with Crippen LogP contribution in [0.15, 0.2) is 17.5 Å².